The van der Waals surface area contributed by atoms with Gasteiger partial charge in [-0.25, -0.2) is 28.3 Å². The number of carbonyl (C=O) groups is 2. The zero-order valence-corrected chi connectivity index (χ0v) is 35.9. The molecule has 14 nitrogen and oxygen atoms in total. The minimum absolute atomic E-state index is 0.0392. The van der Waals surface area contributed by atoms with Gasteiger partial charge in [0.15, 0.2) is 10.8 Å². The van der Waals surface area contributed by atoms with Crippen LogP contribution in [0.15, 0.2) is 60.8 Å². The van der Waals surface area contributed by atoms with E-state index in [0.717, 1.165) is 71.1 Å². The molecule has 10 rings (SSSR count). The first-order chi connectivity index (χ1) is 28.5. The van der Waals surface area contributed by atoms with Gasteiger partial charge in [0.05, 0.1) is 34.4 Å². The number of hydrogen-bond donors (Lipinski definition) is 4. The Morgan fingerprint density at radius 1 is 0.950 bits per heavy atom. The number of thiazole rings is 1. The van der Waals surface area contributed by atoms with Gasteiger partial charge in [0.1, 0.15) is 5.82 Å². The molecular formula is C44H52N8O6S2. The molecule has 0 radical (unpaired) electrons. The second-order valence-electron chi connectivity index (χ2n) is 18.6. The molecular weight excluding hydrogens is 801 g/mol. The number of nitrogens with one attached hydrogen (secondary N) is 2. The van der Waals surface area contributed by atoms with Crippen molar-refractivity contribution in [3.05, 3.63) is 88.9 Å². The molecule has 1 amide bonds. The lowest BCUT2D eigenvalue weighted by Crippen LogP contribution is -2.64. The minimum Gasteiger partial charge on any atom is -0.476 e. The maximum absolute atomic E-state index is 13.6. The van der Waals surface area contributed by atoms with E-state index < -0.39 is 16.0 Å². The molecule has 2 unspecified atom stereocenters. The van der Waals surface area contributed by atoms with Crippen molar-refractivity contribution in [2.24, 2.45) is 21.4 Å². The summed E-state index contributed by atoms with van der Waals surface area (Å²) >= 11 is 1.43. The number of amides is 1. The molecule has 60 heavy (non-hydrogen) atoms. The molecule has 4 aliphatic carbocycles. The third-order valence-electron chi connectivity index (χ3n) is 13.2. The zero-order valence-electron chi connectivity index (χ0n) is 34.3. The topological polar surface area (TPSA) is 195 Å². The molecule has 5 N–H and O–H groups in total. The van der Waals surface area contributed by atoms with E-state index in [-0.39, 0.29) is 45.7 Å². The van der Waals surface area contributed by atoms with Crippen LogP contribution in [0.1, 0.15) is 90.0 Å². The van der Waals surface area contributed by atoms with Crippen LogP contribution in [-0.4, -0.2) is 82.7 Å². The number of pyridine rings is 1. The van der Waals surface area contributed by atoms with Crippen molar-refractivity contribution in [1.82, 2.24) is 25.1 Å². The first-order valence-corrected chi connectivity index (χ1v) is 23.2. The molecule has 4 heterocycles. The highest BCUT2D eigenvalue weighted by molar-refractivity contribution is 7.89. The van der Waals surface area contributed by atoms with Crippen LogP contribution in [0.5, 0.6) is 0 Å². The Hall–Kier alpha value is -4.74. The number of benzene rings is 2. The van der Waals surface area contributed by atoms with Gasteiger partial charge in [0.25, 0.3) is 5.91 Å². The number of aromatic carboxylic acids is 1. The quantitative estimate of drug-likeness (QED) is 0.0905. The monoisotopic (exact) mass is 852 g/mol. The van der Waals surface area contributed by atoms with Gasteiger partial charge in [-0.1, -0.05) is 49.4 Å². The normalized spacial score (nSPS) is 25.8. The molecule has 16 heteroatoms. The van der Waals surface area contributed by atoms with Gasteiger partial charge in [-0.15, -0.1) is 0 Å². The number of sulfonamides is 1. The van der Waals surface area contributed by atoms with E-state index in [1.54, 1.807) is 6.20 Å². The van der Waals surface area contributed by atoms with Crippen LogP contribution in [0.3, 0.4) is 0 Å². The van der Waals surface area contributed by atoms with E-state index in [1.807, 2.05) is 66.4 Å². The summed E-state index contributed by atoms with van der Waals surface area (Å²) < 4.78 is 32.5. The smallest absolute Gasteiger partial charge is 0.355 e. The number of rotatable bonds is 14. The van der Waals surface area contributed by atoms with Crippen LogP contribution in [0.2, 0.25) is 0 Å². The highest BCUT2D eigenvalue weighted by atomic mass is 32.2. The second kappa shape index (κ2) is 15.0. The summed E-state index contributed by atoms with van der Waals surface area (Å²) in [4.78, 5) is 37.9. The number of carboxylic acid groups (broad SMARTS) is 1. The van der Waals surface area contributed by atoms with Gasteiger partial charge in [0, 0.05) is 55.1 Å². The van der Waals surface area contributed by atoms with Crippen molar-refractivity contribution in [3.63, 3.8) is 0 Å². The fourth-order valence-corrected chi connectivity index (χ4v) is 13.4. The fraction of sp³-hybridized carbons (Fsp3) is 0.477. The summed E-state index contributed by atoms with van der Waals surface area (Å²) in [6.07, 6.45) is 8.67. The third-order valence-corrected chi connectivity index (χ3v) is 14.9. The Bertz CT molecular complexity index is 2570. The van der Waals surface area contributed by atoms with Gasteiger partial charge < -0.3 is 20.1 Å². The lowest BCUT2D eigenvalue weighted by molar-refractivity contribution is -0.247. The zero-order chi connectivity index (χ0) is 42.1. The number of fused-ring (bicyclic) bond motifs is 2. The highest BCUT2D eigenvalue weighted by Gasteiger charge is 2.66. The molecule has 1 aliphatic heterocycles. The van der Waals surface area contributed by atoms with E-state index in [2.05, 4.69) is 34.1 Å². The first-order valence-electron chi connectivity index (χ1n) is 20.7. The Morgan fingerprint density at radius 2 is 1.73 bits per heavy atom. The maximum Gasteiger partial charge on any atom is 0.355 e. The average Bonchev–Trinajstić information content (AvgIpc) is 3.75. The van der Waals surface area contributed by atoms with Gasteiger partial charge in [-0.05, 0) is 110 Å². The molecule has 4 saturated carbocycles. The Labute approximate surface area is 354 Å². The van der Waals surface area contributed by atoms with E-state index in [1.165, 1.54) is 11.3 Å². The number of anilines is 2. The lowest BCUT2D eigenvalue weighted by atomic mass is 9.39. The number of aromatic nitrogens is 4. The highest BCUT2D eigenvalue weighted by Crippen LogP contribution is 2.72. The number of nitrogens with zero attached hydrogens (tertiary/aromatic N) is 5. The molecule has 5 aromatic rings. The van der Waals surface area contributed by atoms with Gasteiger partial charge in [-0.2, -0.15) is 5.10 Å². The van der Waals surface area contributed by atoms with E-state index in [9.17, 15) is 23.1 Å². The summed E-state index contributed by atoms with van der Waals surface area (Å²) in [6, 6.07) is 17.3. The van der Waals surface area contributed by atoms with Crippen LogP contribution in [0.4, 0.5) is 10.9 Å². The molecule has 5 aliphatic rings. The van der Waals surface area contributed by atoms with E-state index in [4.69, 9.17) is 20.0 Å². The van der Waals surface area contributed by atoms with Crippen LogP contribution < -0.4 is 20.7 Å². The maximum atomic E-state index is 13.6. The average molecular weight is 853 g/mol. The molecule has 3 aromatic heterocycles. The molecule has 0 spiro atoms. The Kier molecular flexibility index (Phi) is 10.2. The molecule has 0 saturated heterocycles. The number of carboxylic acids is 1. The molecule has 2 atom stereocenters. The Morgan fingerprint density at radius 3 is 2.48 bits per heavy atom. The Balaban J connectivity index is 0.924. The van der Waals surface area contributed by atoms with Crippen molar-refractivity contribution in [3.8, 4) is 11.1 Å². The van der Waals surface area contributed by atoms with Crippen LogP contribution in [0.25, 0.3) is 21.3 Å². The number of carbonyl (C=O) groups excluding carboxylic acids is 1. The number of primary sulfonamides is 1. The second-order valence-corrected chi connectivity index (χ2v) is 21.3. The number of hydrogen-bond acceptors (Lipinski definition) is 11. The van der Waals surface area contributed by atoms with Crippen molar-refractivity contribution >= 4 is 54.4 Å². The van der Waals surface area contributed by atoms with Crippen LogP contribution >= 0.6 is 11.3 Å². The third kappa shape index (κ3) is 7.95. The van der Waals surface area contributed by atoms with E-state index >= 15 is 0 Å². The molecule has 4 bridgehead atoms. The van der Waals surface area contributed by atoms with E-state index in [0.29, 0.717) is 61.3 Å². The summed E-state index contributed by atoms with van der Waals surface area (Å²) in [5, 5.41) is 27.3. The molecule has 2 aromatic carbocycles. The number of para-hydroxylation sites is 1. The predicted octanol–water partition coefficient (Wildman–Crippen LogP) is 6.39. The van der Waals surface area contributed by atoms with Crippen molar-refractivity contribution < 1.29 is 27.9 Å². The summed E-state index contributed by atoms with van der Waals surface area (Å²) in [5.41, 5.74) is 5.41. The molecule has 4 fully saturated rings. The van der Waals surface area contributed by atoms with Crippen molar-refractivity contribution in [2.45, 2.75) is 84.4 Å². The fourth-order valence-electron chi connectivity index (χ4n) is 12.1. The summed E-state index contributed by atoms with van der Waals surface area (Å²) in [7, 11) is -3.52. The summed E-state index contributed by atoms with van der Waals surface area (Å²) in [5.74, 6) is -0.928. The minimum atomic E-state index is -3.52. The SMILES string of the molecule is Cc1c(-c2ccc(N3CCc4cccc(C(=O)Nc5nc6ccccc6s5)c4C3)nc2C(=O)O)cnn1CC12CC3(C)CC(C)(C1)CC(OCCNCCS(N)(=O)=O)(C3)C2. The van der Waals surface area contributed by atoms with Gasteiger partial charge in [-0.3, -0.25) is 14.8 Å². The number of ether oxygens (including phenoxy) is 1. The predicted molar refractivity (Wildman–Crippen MR) is 232 cm³/mol. The molecule has 316 valence electrons. The number of nitrogens with two attached hydrogens (primary N) is 1. The van der Waals surface area contributed by atoms with Gasteiger partial charge in [0.2, 0.25) is 10.0 Å². The van der Waals surface area contributed by atoms with Crippen molar-refractivity contribution in [1.29, 1.82) is 0 Å². The summed E-state index contributed by atoms with van der Waals surface area (Å²) in [6.45, 7) is 9.86. The van der Waals surface area contributed by atoms with Gasteiger partial charge >= 0.3 is 5.97 Å². The standard InChI is InChI=1S/C44H52N8O6S2/c1-28-32(19-47-52(28)27-43-22-41(2)21-42(3,23-43)25-44(24-41,26-43)58-17-14-46-15-18-60(45,56)57)30-11-12-36(49-37(30)39(54)55)51-16-13-29-7-6-8-31(33(29)20-51)38(53)50-40-48-34-9-4-5-10-35(34)59-40/h4-12,19,46H,13-18,20-27H2,1-3H3,(H,54,55)(H2,45,56,57)(H,48,50,53). The van der Waals surface area contributed by atoms with Crippen LogP contribution in [0, 0.1) is 23.2 Å². The lowest BCUT2D eigenvalue weighted by Gasteiger charge is -2.69. The van der Waals surface area contributed by atoms with Crippen LogP contribution in [-0.2, 0) is 34.3 Å². The van der Waals surface area contributed by atoms with Crippen molar-refractivity contribution in [2.75, 3.05) is 42.2 Å². The first kappa shape index (κ1) is 40.7. The largest absolute Gasteiger partial charge is 0.476 e.